The van der Waals surface area contributed by atoms with Crippen LogP contribution in [0.25, 0.3) is 0 Å². The van der Waals surface area contributed by atoms with Crippen molar-refractivity contribution in [3.8, 4) is 0 Å². The molecule has 0 aromatic rings. The Bertz CT molecular complexity index is 126. The summed E-state index contributed by atoms with van der Waals surface area (Å²) in [5.74, 6) is 0. The van der Waals surface area contributed by atoms with Crippen LogP contribution >= 0.6 is 0 Å². The zero-order valence-corrected chi connectivity index (χ0v) is 8.34. The first-order chi connectivity index (χ1) is 5.77. The number of rotatable bonds is 6. The van der Waals surface area contributed by atoms with Gasteiger partial charge in [0.15, 0.2) is 0 Å². The molecule has 0 radical (unpaired) electrons. The molecule has 1 atom stereocenters. The van der Waals surface area contributed by atoms with E-state index in [1.807, 2.05) is 7.05 Å². The summed E-state index contributed by atoms with van der Waals surface area (Å²) in [5, 5.41) is 3.25. The van der Waals surface area contributed by atoms with Gasteiger partial charge >= 0.3 is 0 Å². The zero-order valence-electron chi connectivity index (χ0n) is 8.34. The molecule has 1 aliphatic carbocycles. The van der Waals surface area contributed by atoms with Crippen molar-refractivity contribution < 1.29 is 4.74 Å². The number of methoxy groups -OCH3 is 1. The third-order valence-corrected chi connectivity index (χ3v) is 2.45. The zero-order chi connectivity index (χ0) is 8.97. The van der Waals surface area contributed by atoms with Crippen LogP contribution in [0.4, 0.5) is 0 Å². The maximum absolute atomic E-state index is 5.11. The third-order valence-electron chi connectivity index (χ3n) is 2.45. The van der Waals surface area contributed by atoms with Crippen molar-refractivity contribution in [1.29, 1.82) is 0 Å². The average molecular weight is 172 g/mol. The van der Waals surface area contributed by atoms with Crippen LogP contribution in [-0.4, -0.2) is 51.3 Å². The van der Waals surface area contributed by atoms with E-state index in [2.05, 4.69) is 17.3 Å². The first kappa shape index (κ1) is 9.96. The summed E-state index contributed by atoms with van der Waals surface area (Å²) < 4.78 is 5.11. The normalized spacial score (nSPS) is 20.0. The minimum atomic E-state index is 0.473. The van der Waals surface area contributed by atoms with Crippen LogP contribution in [-0.2, 0) is 4.74 Å². The van der Waals surface area contributed by atoms with E-state index in [9.17, 15) is 0 Å². The highest BCUT2D eigenvalue weighted by Crippen LogP contribution is 2.25. The molecule has 0 bridgehead atoms. The van der Waals surface area contributed by atoms with E-state index in [0.717, 1.165) is 19.2 Å². The predicted molar refractivity (Wildman–Crippen MR) is 50.4 cm³/mol. The van der Waals surface area contributed by atoms with Gasteiger partial charge in [-0.05, 0) is 26.9 Å². The quantitative estimate of drug-likeness (QED) is 0.624. The Kier molecular flexibility index (Phi) is 3.98. The second-order valence-corrected chi connectivity index (χ2v) is 3.61. The van der Waals surface area contributed by atoms with E-state index < -0.39 is 0 Å². The molecule has 72 valence electrons. The van der Waals surface area contributed by atoms with Crippen LogP contribution in [0.2, 0.25) is 0 Å². The molecule has 12 heavy (non-hydrogen) atoms. The molecule has 0 aromatic heterocycles. The highest BCUT2D eigenvalue weighted by Gasteiger charge is 2.27. The molecule has 3 nitrogen and oxygen atoms in total. The molecular formula is C9H20N2O. The van der Waals surface area contributed by atoms with Gasteiger partial charge in [-0.1, -0.05) is 0 Å². The van der Waals surface area contributed by atoms with Gasteiger partial charge in [0.2, 0.25) is 0 Å². The van der Waals surface area contributed by atoms with Crippen LogP contribution in [0, 0.1) is 0 Å². The Morgan fingerprint density at radius 2 is 2.25 bits per heavy atom. The maximum Gasteiger partial charge on any atom is 0.0628 e. The lowest BCUT2D eigenvalue weighted by molar-refractivity contribution is 0.147. The van der Waals surface area contributed by atoms with Gasteiger partial charge in [0, 0.05) is 25.7 Å². The first-order valence-corrected chi connectivity index (χ1v) is 4.64. The fourth-order valence-corrected chi connectivity index (χ4v) is 1.44. The maximum atomic E-state index is 5.11. The lowest BCUT2D eigenvalue weighted by Gasteiger charge is -2.22. The summed E-state index contributed by atoms with van der Waals surface area (Å²) in [6.07, 6.45) is 2.75. The molecule has 3 heteroatoms. The van der Waals surface area contributed by atoms with Gasteiger partial charge in [0.1, 0.15) is 0 Å². The molecule has 1 saturated carbocycles. The van der Waals surface area contributed by atoms with Gasteiger partial charge in [-0.2, -0.15) is 0 Å². The molecule has 0 spiro atoms. The lowest BCUT2D eigenvalue weighted by atomic mass is 10.3. The van der Waals surface area contributed by atoms with Crippen molar-refractivity contribution in [3.63, 3.8) is 0 Å². The Balaban J connectivity index is 2.15. The van der Waals surface area contributed by atoms with Gasteiger partial charge in [-0.15, -0.1) is 0 Å². The summed E-state index contributed by atoms with van der Waals surface area (Å²) in [5.41, 5.74) is 0. The van der Waals surface area contributed by atoms with Crippen LogP contribution in [0.15, 0.2) is 0 Å². The van der Waals surface area contributed by atoms with Crippen molar-refractivity contribution in [1.82, 2.24) is 10.2 Å². The lowest BCUT2D eigenvalue weighted by Crippen LogP contribution is -2.41. The van der Waals surface area contributed by atoms with E-state index in [4.69, 9.17) is 4.74 Å². The topological polar surface area (TPSA) is 24.5 Å². The molecule has 0 aromatic carbocycles. The second-order valence-electron chi connectivity index (χ2n) is 3.61. The molecule has 1 unspecified atom stereocenters. The predicted octanol–water partition coefficient (Wildman–Crippen LogP) is 0.315. The molecule has 0 amide bonds. The fraction of sp³-hybridized carbons (Fsp3) is 1.00. The van der Waals surface area contributed by atoms with Crippen molar-refractivity contribution >= 4 is 0 Å². The van der Waals surface area contributed by atoms with Gasteiger partial charge in [0.05, 0.1) is 6.61 Å². The fourth-order valence-electron chi connectivity index (χ4n) is 1.44. The average Bonchev–Trinajstić information content (AvgIpc) is 2.85. The highest BCUT2D eigenvalue weighted by molar-refractivity contribution is 4.84. The van der Waals surface area contributed by atoms with Crippen molar-refractivity contribution in [2.24, 2.45) is 0 Å². The Labute approximate surface area is 75.1 Å². The summed E-state index contributed by atoms with van der Waals surface area (Å²) in [6, 6.07) is 1.32. The van der Waals surface area contributed by atoms with E-state index in [1.165, 1.54) is 12.8 Å². The molecule has 0 aliphatic heterocycles. The summed E-state index contributed by atoms with van der Waals surface area (Å²) >= 11 is 0. The van der Waals surface area contributed by atoms with E-state index in [0.29, 0.717) is 6.04 Å². The molecule has 1 rings (SSSR count). The van der Waals surface area contributed by atoms with Gasteiger partial charge in [-0.25, -0.2) is 0 Å². The SMILES string of the molecule is CNC(COC)CN(C)C1CC1. The largest absolute Gasteiger partial charge is 0.383 e. The van der Waals surface area contributed by atoms with Crippen LogP contribution in [0.3, 0.4) is 0 Å². The number of hydrogen-bond donors (Lipinski definition) is 1. The molecular weight excluding hydrogens is 152 g/mol. The third kappa shape index (κ3) is 3.09. The van der Waals surface area contributed by atoms with Crippen LogP contribution < -0.4 is 5.32 Å². The highest BCUT2D eigenvalue weighted by atomic mass is 16.5. The van der Waals surface area contributed by atoms with E-state index in [1.54, 1.807) is 7.11 Å². The Morgan fingerprint density at radius 3 is 2.67 bits per heavy atom. The van der Waals surface area contributed by atoms with Gasteiger partial charge in [0.25, 0.3) is 0 Å². The van der Waals surface area contributed by atoms with Crippen LogP contribution in [0.1, 0.15) is 12.8 Å². The first-order valence-electron chi connectivity index (χ1n) is 4.64. The number of likely N-dealkylation sites (N-methyl/N-ethyl adjacent to an activating group) is 2. The van der Waals surface area contributed by atoms with Crippen LogP contribution in [0.5, 0.6) is 0 Å². The monoisotopic (exact) mass is 172 g/mol. The summed E-state index contributed by atoms with van der Waals surface area (Å²) in [7, 11) is 5.93. The molecule has 1 N–H and O–H groups in total. The van der Waals surface area contributed by atoms with Gasteiger partial charge in [-0.3, -0.25) is 0 Å². The van der Waals surface area contributed by atoms with E-state index >= 15 is 0 Å². The Hall–Kier alpha value is -0.120. The summed E-state index contributed by atoms with van der Waals surface area (Å²) in [4.78, 5) is 2.42. The number of hydrogen-bond acceptors (Lipinski definition) is 3. The van der Waals surface area contributed by atoms with E-state index in [-0.39, 0.29) is 0 Å². The molecule has 1 fully saturated rings. The Morgan fingerprint density at radius 1 is 1.58 bits per heavy atom. The van der Waals surface area contributed by atoms with Gasteiger partial charge < -0.3 is 15.0 Å². The number of nitrogens with one attached hydrogen (secondary N) is 1. The van der Waals surface area contributed by atoms with Crippen molar-refractivity contribution in [2.75, 3.05) is 34.4 Å². The standard InChI is InChI=1S/C9H20N2O/c1-10-8(7-12-3)6-11(2)9-4-5-9/h8-10H,4-7H2,1-3H3. The van der Waals surface area contributed by atoms with Crippen molar-refractivity contribution in [3.05, 3.63) is 0 Å². The minimum Gasteiger partial charge on any atom is -0.383 e. The second kappa shape index (κ2) is 4.80. The number of ether oxygens (including phenoxy) is 1. The van der Waals surface area contributed by atoms with Crippen molar-refractivity contribution in [2.45, 2.75) is 24.9 Å². The smallest absolute Gasteiger partial charge is 0.0628 e. The number of nitrogens with zero attached hydrogens (tertiary/aromatic N) is 1. The summed E-state index contributed by atoms with van der Waals surface area (Å²) in [6.45, 7) is 1.89. The molecule has 0 saturated heterocycles. The minimum absolute atomic E-state index is 0.473. The molecule has 1 aliphatic rings. The molecule has 0 heterocycles.